The van der Waals surface area contributed by atoms with Crippen LogP contribution < -0.4 is 0 Å². The number of hydrogen-bond donors (Lipinski definition) is 0. The number of nitrogens with zero attached hydrogens (tertiary/aromatic N) is 3. The zero-order valence-corrected chi connectivity index (χ0v) is 19.1. The fraction of sp³-hybridized carbons (Fsp3) is 0.280. The first-order valence-corrected chi connectivity index (χ1v) is 10.6. The molecular weight excluding hydrogens is 450 g/mol. The second-order valence-electron chi connectivity index (χ2n) is 8.88. The Morgan fingerprint density at radius 1 is 1.09 bits per heavy atom. The number of rotatable bonds is 4. The fourth-order valence-electron chi connectivity index (χ4n) is 3.96. The smallest absolute Gasteiger partial charge is 0.289 e. The second-order valence-corrected chi connectivity index (χ2v) is 8.88. The van der Waals surface area contributed by atoms with E-state index in [9.17, 15) is 22.4 Å². The molecular formula is C25H23F4N3O2. The van der Waals surface area contributed by atoms with Crippen molar-refractivity contribution in [1.29, 1.82) is 0 Å². The molecule has 1 saturated heterocycles. The summed E-state index contributed by atoms with van der Waals surface area (Å²) < 4.78 is 63.7. The number of aromatic nitrogens is 2. The summed E-state index contributed by atoms with van der Waals surface area (Å²) in [5.74, 6) is -5.42. The maximum Gasteiger partial charge on any atom is 0.289 e. The van der Waals surface area contributed by atoms with E-state index in [1.165, 1.54) is 30.3 Å². The van der Waals surface area contributed by atoms with Crippen molar-refractivity contribution >= 4 is 12.0 Å². The van der Waals surface area contributed by atoms with Crippen LogP contribution in [-0.4, -0.2) is 32.5 Å². The van der Waals surface area contributed by atoms with Crippen molar-refractivity contribution in [3.8, 4) is 5.69 Å². The van der Waals surface area contributed by atoms with E-state index >= 15 is 0 Å². The van der Waals surface area contributed by atoms with Gasteiger partial charge in [-0.2, -0.15) is 0 Å². The van der Waals surface area contributed by atoms with Gasteiger partial charge >= 0.3 is 0 Å². The van der Waals surface area contributed by atoms with Crippen molar-refractivity contribution in [2.24, 2.45) is 0 Å². The van der Waals surface area contributed by atoms with E-state index in [-0.39, 0.29) is 17.9 Å². The first-order chi connectivity index (χ1) is 16.0. The third-order valence-corrected chi connectivity index (χ3v) is 5.65. The summed E-state index contributed by atoms with van der Waals surface area (Å²) in [4.78, 5) is 18.6. The largest absolute Gasteiger partial charge is 0.480 e. The van der Waals surface area contributed by atoms with Gasteiger partial charge in [0.2, 0.25) is 0 Å². The van der Waals surface area contributed by atoms with Gasteiger partial charge in [0.15, 0.2) is 23.2 Å². The molecule has 0 N–H and O–H groups in total. The average molecular weight is 473 g/mol. The molecule has 0 aliphatic carbocycles. The molecule has 0 saturated carbocycles. The zero-order chi connectivity index (χ0) is 24.8. The summed E-state index contributed by atoms with van der Waals surface area (Å²) in [6.07, 6.45) is 4.58. The predicted molar refractivity (Wildman–Crippen MR) is 118 cm³/mol. The highest BCUT2D eigenvalue weighted by molar-refractivity contribution is 5.97. The van der Waals surface area contributed by atoms with E-state index in [1.54, 1.807) is 43.7 Å². The summed E-state index contributed by atoms with van der Waals surface area (Å²) in [5.41, 5.74) is 0.389. The number of carbonyl (C=O) groups excluding carboxylic acids is 1. The Morgan fingerprint density at radius 3 is 2.47 bits per heavy atom. The van der Waals surface area contributed by atoms with Crippen molar-refractivity contribution in [2.75, 3.05) is 6.54 Å². The predicted octanol–water partition coefficient (Wildman–Crippen LogP) is 5.48. The van der Waals surface area contributed by atoms with Crippen molar-refractivity contribution in [3.63, 3.8) is 0 Å². The lowest BCUT2D eigenvalue weighted by atomic mass is 9.99. The molecule has 5 nitrogen and oxygen atoms in total. The minimum atomic E-state index is -1.59. The number of benzene rings is 2. The maximum atomic E-state index is 14.8. The van der Waals surface area contributed by atoms with Gasteiger partial charge in [-0.25, -0.2) is 22.5 Å². The number of imidazole rings is 1. The van der Waals surface area contributed by atoms with E-state index in [1.807, 2.05) is 0 Å². The monoisotopic (exact) mass is 473 g/mol. The minimum Gasteiger partial charge on any atom is -0.480 e. The number of hydrogen-bond acceptors (Lipinski definition) is 3. The van der Waals surface area contributed by atoms with Crippen LogP contribution in [0.5, 0.6) is 0 Å². The van der Waals surface area contributed by atoms with E-state index in [0.717, 1.165) is 17.8 Å². The van der Waals surface area contributed by atoms with E-state index in [0.29, 0.717) is 11.3 Å². The number of carbonyl (C=O) groups is 1. The first kappa shape index (κ1) is 23.5. The third kappa shape index (κ3) is 4.42. The average Bonchev–Trinajstić information content (AvgIpc) is 3.20. The summed E-state index contributed by atoms with van der Waals surface area (Å²) in [6.45, 7) is 6.86. The van der Waals surface area contributed by atoms with E-state index in [4.69, 9.17) is 4.74 Å². The van der Waals surface area contributed by atoms with Crippen LogP contribution in [0.3, 0.4) is 0 Å². The number of morpholine rings is 1. The fourth-order valence-corrected chi connectivity index (χ4v) is 3.96. The highest BCUT2D eigenvalue weighted by Crippen LogP contribution is 2.34. The van der Waals surface area contributed by atoms with Gasteiger partial charge in [0, 0.05) is 11.8 Å². The molecule has 0 spiro atoms. The summed E-state index contributed by atoms with van der Waals surface area (Å²) in [6, 6.07) is 5.48. The van der Waals surface area contributed by atoms with Crippen molar-refractivity contribution in [3.05, 3.63) is 88.7 Å². The zero-order valence-electron chi connectivity index (χ0n) is 19.1. The molecule has 178 valence electrons. The van der Waals surface area contributed by atoms with Gasteiger partial charge in [0.25, 0.3) is 5.91 Å². The number of aryl methyl sites for hydroxylation is 1. The van der Waals surface area contributed by atoms with Crippen LogP contribution in [0.2, 0.25) is 0 Å². The lowest BCUT2D eigenvalue weighted by Gasteiger charge is -2.42. The molecule has 1 aliphatic rings. The van der Waals surface area contributed by atoms with Gasteiger partial charge < -0.3 is 14.2 Å². The number of ether oxygens (including phenoxy) is 1. The summed E-state index contributed by atoms with van der Waals surface area (Å²) in [7, 11) is 0. The molecule has 0 radical (unpaired) electrons. The third-order valence-electron chi connectivity index (χ3n) is 5.65. The van der Waals surface area contributed by atoms with Crippen LogP contribution in [0.1, 0.15) is 43.6 Å². The van der Waals surface area contributed by atoms with Crippen LogP contribution in [0.15, 0.2) is 48.6 Å². The van der Waals surface area contributed by atoms with Gasteiger partial charge in [-0.1, -0.05) is 12.1 Å². The van der Waals surface area contributed by atoms with Crippen LogP contribution in [0.25, 0.3) is 11.8 Å². The van der Waals surface area contributed by atoms with Crippen LogP contribution in [-0.2, 0) is 9.53 Å². The lowest BCUT2D eigenvalue weighted by Crippen LogP contribution is -2.51. The molecule has 9 heteroatoms. The molecule has 4 rings (SSSR count). The van der Waals surface area contributed by atoms with Crippen LogP contribution in [0.4, 0.5) is 17.6 Å². The number of halogens is 4. The molecule has 2 heterocycles. The quantitative estimate of drug-likeness (QED) is 0.287. The Morgan fingerprint density at radius 2 is 1.82 bits per heavy atom. The Hall–Kier alpha value is -3.62. The molecule has 1 fully saturated rings. The molecule has 2 aromatic carbocycles. The molecule has 1 atom stereocenters. The topological polar surface area (TPSA) is 47.4 Å². The molecule has 0 bridgehead atoms. The molecule has 1 amide bonds. The number of amides is 1. The van der Waals surface area contributed by atoms with Gasteiger partial charge in [0.05, 0.1) is 30.3 Å². The molecule has 1 aromatic heterocycles. The maximum absolute atomic E-state index is 14.8. The minimum absolute atomic E-state index is 0.0725. The highest BCUT2D eigenvalue weighted by Gasteiger charge is 2.40. The molecule has 0 unspecified atom stereocenters. The Labute approximate surface area is 194 Å². The van der Waals surface area contributed by atoms with Gasteiger partial charge in [-0.05, 0) is 57.5 Å². The molecule has 34 heavy (non-hydrogen) atoms. The second kappa shape index (κ2) is 8.62. The molecule has 1 aliphatic heterocycles. The summed E-state index contributed by atoms with van der Waals surface area (Å²) in [5, 5.41) is 0. The summed E-state index contributed by atoms with van der Waals surface area (Å²) >= 11 is 0. The molecule has 3 aromatic rings. The van der Waals surface area contributed by atoms with Crippen LogP contribution in [0, 0.1) is 30.2 Å². The van der Waals surface area contributed by atoms with E-state index < -0.39 is 40.8 Å². The van der Waals surface area contributed by atoms with Gasteiger partial charge in [0.1, 0.15) is 11.4 Å². The normalized spacial score (nSPS) is 17.7. The SMILES string of the molecule is Cc1cn(-c2ccc(/C=C3\OC(C)(C)CN([C@@H](C)c4ccc(F)c(F)c4F)C3=O)cc2F)cn1. The lowest BCUT2D eigenvalue weighted by molar-refractivity contribution is -0.149. The van der Waals surface area contributed by atoms with Gasteiger partial charge in [-0.3, -0.25) is 4.79 Å². The van der Waals surface area contributed by atoms with E-state index in [2.05, 4.69) is 4.98 Å². The van der Waals surface area contributed by atoms with Crippen molar-refractivity contribution in [2.45, 2.75) is 39.3 Å². The van der Waals surface area contributed by atoms with Crippen LogP contribution >= 0.6 is 0 Å². The highest BCUT2D eigenvalue weighted by atomic mass is 19.2. The first-order valence-electron chi connectivity index (χ1n) is 10.6. The van der Waals surface area contributed by atoms with Gasteiger partial charge in [-0.15, -0.1) is 0 Å². The Kier molecular flexibility index (Phi) is 5.97. The van der Waals surface area contributed by atoms with Crippen molar-refractivity contribution < 1.29 is 27.1 Å². The Bertz CT molecular complexity index is 1300. The van der Waals surface area contributed by atoms with Crippen molar-refractivity contribution in [1.82, 2.24) is 14.5 Å². The standard InChI is InChI=1S/C25H23F4N3O2/c1-14-11-31(13-30-14)20-8-5-16(9-19(20)27)10-21-24(33)32(12-25(3,4)34-21)15(2)17-6-7-18(26)23(29)22(17)28/h5-11,13,15H,12H2,1-4H3/b21-10-/t15-/m0/s1. The Balaban J connectivity index is 1.67.